The molecule has 1 fully saturated rings. The van der Waals surface area contributed by atoms with E-state index in [0.29, 0.717) is 11.1 Å². The number of halogens is 1. The van der Waals surface area contributed by atoms with Gasteiger partial charge < -0.3 is 10.4 Å². The first kappa shape index (κ1) is 17.1. The molecule has 0 saturated heterocycles. The van der Waals surface area contributed by atoms with Gasteiger partial charge in [0, 0.05) is 5.56 Å². The van der Waals surface area contributed by atoms with Crippen LogP contribution in [0.3, 0.4) is 0 Å². The second-order valence-electron chi connectivity index (χ2n) is 6.73. The molecule has 0 heterocycles. The van der Waals surface area contributed by atoms with Gasteiger partial charge in [-0.25, -0.2) is 4.39 Å². The number of hydrogen-bond donors (Lipinski definition) is 2. The molecule has 1 aliphatic carbocycles. The summed E-state index contributed by atoms with van der Waals surface area (Å²) in [6.07, 6.45) is 1.71. The zero-order valence-corrected chi connectivity index (χ0v) is 13.9. The third-order valence-electron chi connectivity index (χ3n) is 4.72. The molecular weight excluding hydrogens is 319 g/mol. The fraction of sp³-hybridized carbons (Fsp3) is 0.300. The number of nitriles is 1. The molecule has 3 rings (SSSR count). The number of nitrogens with zero attached hydrogens (tertiary/aromatic N) is 1. The van der Waals surface area contributed by atoms with E-state index in [0.717, 1.165) is 18.4 Å². The van der Waals surface area contributed by atoms with Crippen LogP contribution in [0.15, 0.2) is 48.5 Å². The number of nitrogens with one attached hydrogen (secondary N) is 1. The minimum Gasteiger partial charge on any atom is -0.384 e. The van der Waals surface area contributed by atoms with Crippen molar-refractivity contribution in [2.45, 2.75) is 30.8 Å². The predicted molar refractivity (Wildman–Crippen MR) is 91.3 cm³/mol. The van der Waals surface area contributed by atoms with Crippen molar-refractivity contribution in [2.75, 3.05) is 6.54 Å². The Bertz CT molecular complexity index is 816. The van der Waals surface area contributed by atoms with Crippen molar-refractivity contribution in [1.82, 2.24) is 5.32 Å². The molecule has 0 aliphatic heterocycles. The van der Waals surface area contributed by atoms with E-state index in [1.165, 1.54) is 24.3 Å². The van der Waals surface area contributed by atoms with Gasteiger partial charge in [-0.2, -0.15) is 5.26 Å². The monoisotopic (exact) mass is 338 g/mol. The molecule has 128 valence electrons. The molecule has 1 atom stereocenters. The van der Waals surface area contributed by atoms with Gasteiger partial charge in [-0.05, 0) is 55.2 Å². The van der Waals surface area contributed by atoms with E-state index in [1.54, 1.807) is 19.1 Å². The van der Waals surface area contributed by atoms with Gasteiger partial charge in [-0.3, -0.25) is 4.79 Å². The minimum absolute atomic E-state index is 0.00134. The number of rotatable bonds is 5. The molecule has 0 spiro atoms. The maximum Gasteiger partial charge on any atom is 0.251 e. The zero-order chi connectivity index (χ0) is 18.1. The highest BCUT2D eigenvalue weighted by atomic mass is 19.1. The lowest BCUT2D eigenvalue weighted by Crippen LogP contribution is -2.38. The van der Waals surface area contributed by atoms with Crippen LogP contribution in [-0.2, 0) is 11.0 Å². The van der Waals surface area contributed by atoms with E-state index in [1.807, 2.05) is 12.1 Å². The molecule has 25 heavy (non-hydrogen) atoms. The van der Waals surface area contributed by atoms with Crippen LogP contribution in [0.5, 0.6) is 0 Å². The fourth-order valence-corrected chi connectivity index (χ4v) is 2.80. The Balaban J connectivity index is 1.64. The van der Waals surface area contributed by atoms with Gasteiger partial charge in [0.1, 0.15) is 11.4 Å². The molecule has 0 aromatic heterocycles. The molecule has 1 unspecified atom stereocenters. The van der Waals surface area contributed by atoms with Gasteiger partial charge in [-0.15, -0.1) is 0 Å². The van der Waals surface area contributed by atoms with Crippen LogP contribution in [-0.4, -0.2) is 17.6 Å². The van der Waals surface area contributed by atoms with Crippen LogP contribution >= 0.6 is 0 Å². The summed E-state index contributed by atoms with van der Waals surface area (Å²) in [5.74, 6) is -0.690. The second kappa shape index (κ2) is 6.30. The van der Waals surface area contributed by atoms with E-state index in [9.17, 15) is 19.6 Å². The Labute approximate surface area is 145 Å². The van der Waals surface area contributed by atoms with Gasteiger partial charge in [-0.1, -0.05) is 24.3 Å². The van der Waals surface area contributed by atoms with E-state index in [2.05, 4.69) is 11.4 Å². The molecule has 0 bridgehead atoms. The third-order valence-corrected chi connectivity index (χ3v) is 4.72. The average molecular weight is 338 g/mol. The summed E-state index contributed by atoms with van der Waals surface area (Å²) >= 11 is 0. The van der Waals surface area contributed by atoms with Gasteiger partial charge in [0.15, 0.2) is 0 Å². The maximum absolute atomic E-state index is 13.0. The Morgan fingerprint density at radius 1 is 1.24 bits per heavy atom. The van der Waals surface area contributed by atoms with Crippen LogP contribution in [0.1, 0.15) is 41.3 Å². The first-order valence-electron chi connectivity index (χ1n) is 8.15. The first-order chi connectivity index (χ1) is 11.9. The lowest BCUT2D eigenvalue weighted by molar-refractivity contribution is 0.0526. The quantitative estimate of drug-likeness (QED) is 0.880. The van der Waals surface area contributed by atoms with Crippen molar-refractivity contribution in [3.63, 3.8) is 0 Å². The van der Waals surface area contributed by atoms with Crippen molar-refractivity contribution in [2.24, 2.45) is 0 Å². The van der Waals surface area contributed by atoms with Crippen LogP contribution < -0.4 is 5.32 Å². The summed E-state index contributed by atoms with van der Waals surface area (Å²) in [7, 11) is 0. The molecule has 2 aromatic rings. The van der Waals surface area contributed by atoms with Gasteiger partial charge >= 0.3 is 0 Å². The summed E-state index contributed by atoms with van der Waals surface area (Å²) in [4.78, 5) is 12.3. The molecule has 1 amide bonds. The molecule has 2 aromatic carbocycles. The van der Waals surface area contributed by atoms with Crippen molar-refractivity contribution in [3.8, 4) is 6.07 Å². The predicted octanol–water partition coefficient (Wildman–Crippen LogP) is 3.02. The Morgan fingerprint density at radius 3 is 2.36 bits per heavy atom. The van der Waals surface area contributed by atoms with Crippen LogP contribution in [0.4, 0.5) is 4.39 Å². The Kier molecular flexibility index (Phi) is 4.32. The van der Waals surface area contributed by atoms with Gasteiger partial charge in [0.2, 0.25) is 0 Å². The van der Waals surface area contributed by atoms with Gasteiger partial charge in [0.05, 0.1) is 18.0 Å². The van der Waals surface area contributed by atoms with Crippen molar-refractivity contribution in [1.29, 1.82) is 5.26 Å². The summed E-state index contributed by atoms with van der Waals surface area (Å²) in [5, 5.41) is 22.4. The van der Waals surface area contributed by atoms with Crippen LogP contribution in [0.25, 0.3) is 0 Å². The molecule has 1 saturated carbocycles. The Hall–Kier alpha value is -2.71. The highest BCUT2D eigenvalue weighted by Gasteiger charge is 2.44. The largest absolute Gasteiger partial charge is 0.384 e. The Morgan fingerprint density at radius 2 is 1.84 bits per heavy atom. The fourth-order valence-electron chi connectivity index (χ4n) is 2.80. The average Bonchev–Trinajstić information content (AvgIpc) is 3.41. The number of carbonyl (C=O) groups excluding carboxylic acids is 1. The number of amides is 1. The molecular formula is C20H19FN2O2. The second-order valence-corrected chi connectivity index (χ2v) is 6.73. The maximum atomic E-state index is 13.0. The third kappa shape index (κ3) is 3.54. The minimum atomic E-state index is -1.30. The lowest BCUT2D eigenvalue weighted by Gasteiger charge is -2.24. The summed E-state index contributed by atoms with van der Waals surface area (Å²) < 4.78 is 13.0. The number of aliphatic hydroxyl groups is 1. The van der Waals surface area contributed by atoms with E-state index in [4.69, 9.17) is 0 Å². The number of hydrogen-bond acceptors (Lipinski definition) is 3. The van der Waals surface area contributed by atoms with Crippen LogP contribution in [0.2, 0.25) is 0 Å². The normalized spacial score (nSPS) is 17.2. The van der Waals surface area contributed by atoms with Crippen molar-refractivity contribution >= 4 is 5.91 Å². The molecule has 5 heteroatoms. The summed E-state index contributed by atoms with van der Waals surface area (Å²) in [6, 6.07) is 14.8. The van der Waals surface area contributed by atoms with E-state index in [-0.39, 0.29) is 23.7 Å². The summed E-state index contributed by atoms with van der Waals surface area (Å²) in [6.45, 7) is 1.56. The highest BCUT2D eigenvalue weighted by Crippen LogP contribution is 2.47. The number of carbonyl (C=O) groups is 1. The van der Waals surface area contributed by atoms with E-state index < -0.39 is 5.60 Å². The molecule has 1 aliphatic rings. The smallest absolute Gasteiger partial charge is 0.251 e. The lowest BCUT2D eigenvalue weighted by atomic mass is 9.95. The van der Waals surface area contributed by atoms with E-state index >= 15 is 0 Å². The standard InChI is InChI=1S/C20H19FN2O2/c1-19(25,15-6-8-17(21)9-7-15)13-23-18(24)14-2-4-16(5-3-14)20(12-22)10-11-20/h2-9,25H,10-11,13H2,1H3,(H,23,24). The number of benzene rings is 2. The van der Waals surface area contributed by atoms with Crippen molar-refractivity contribution < 1.29 is 14.3 Å². The SMILES string of the molecule is CC(O)(CNC(=O)c1ccc(C2(C#N)CC2)cc1)c1ccc(F)cc1. The van der Waals surface area contributed by atoms with Crippen molar-refractivity contribution in [3.05, 3.63) is 71.0 Å². The molecule has 0 radical (unpaired) electrons. The zero-order valence-electron chi connectivity index (χ0n) is 13.9. The topological polar surface area (TPSA) is 73.1 Å². The first-order valence-corrected chi connectivity index (χ1v) is 8.15. The molecule has 2 N–H and O–H groups in total. The summed E-state index contributed by atoms with van der Waals surface area (Å²) in [5.41, 5.74) is 0.246. The van der Waals surface area contributed by atoms with Crippen LogP contribution in [0, 0.1) is 17.1 Å². The van der Waals surface area contributed by atoms with Gasteiger partial charge in [0.25, 0.3) is 5.91 Å². The highest BCUT2D eigenvalue weighted by molar-refractivity contribution is 5.94. The molecule has 4 nitrogen and oxygen atoms in total.